The second-order valence-electron chi connectivity index (χ2n) is 18.1. The molecule has 0 fully saturated rings. The Morgan fingerprint density at radius 1 is 0.386 bits per heavy atom. The molecule has 2 aliphatic rings. The molecule has 6 aromatic rings. The number of benzene rings is 4. The van der Waals surface area contributed by atoms with Crippen molar-refractivity contribution in [1.82, 2.24) is 0 Å². The van der Waals surface area contributed by atoms with Crippen molar-refractivity contribution in [2.24, 2.45) is 0 Å². The Bertz CT molecular complexity index is 2120. The van der Waals surface area contributed by atoms with E-state index >= 15 is 0 Å². The molecule has 8 rings (SSSR count). The SMILES string of the molecule is CCC[CH2][Sn]([CH2]CCC)([CH2]CCC)[c]1cc2cc3c(cc2s1)C1(c2ccccc2-3)c2ccccc2-c2cc3c[c]([Sn]([CH2]CCC)([CH2]CCC)[CH2]CCC)sc3cc21. The van der Waals surface area contributed by atoms with Crippen LogP contribution in [-0.2, 0) is 5.41 Å². The van der Waals surface area contributed by atoms with Gasteiger partial charge in [0.1, 0.15) is 0 Å². The Morgan fingerprint density at radius 2 is 0.719 bits per heavy atom. The summed E-state index contributed by atoms with van der Waals surface area (Å²) >= 11 is -0.723. The molecule has 4 heteroatoms. The van der Waals surface area contributed by atoms with Crippen LogP contribution in [-0.4, -0.2) is 36.8 Å². The Kier molecular flexibility index (Phi) is 13.4. The number of rotatable bonds is 20. The summed E-state index contributed by atoms with van der Waals surface area (Å²) in [6.45, 7) is 14.5. The van der Waals surface area contributed by atoms with Gasteiger partial charge >= 0.3 is 365 Å². The van der Waals surface area contributed by atoms with Crippen LogP contribution in [0.3, 0.4) is 0 Å². The Labute approximate surface area is 362 Å². The molecule has 0 atom stereocenters. The Balaban J connectivity index is 1.35. The van der Waals surface area contributed by atoms with Gasteiger partial charge in [0.2, 0.25) is 0 Å². The standard InChI is InChI=1S/C29H14S2.6C4H9.2Sn/c1-3-7-23-19(5-1)21-13-17-9-11-30-27(17)15-25(21)29(23)24-8-4-2-6-20(24)22-14-18-10-12-31-28(18)16-26(22)29;6*1-3-4-2;;/h1-10,13-16H;6*1,3-4H2,2H3;;. The van der Waals surface area contributed by atoms with Crippen LogP contribution in [0.1, 0.15) is 141 Å². The molecule has 0 N–H and O–H groups in total. The zero-order chi connectivity index (χ0) is 39.6. The predicted octanol–water partition coefficient (Wildman–Crippen LogP) is 16.6. The molecule has 2 heterocycles. The van der Waals surface area contributed by atoms with E-state index in [1.165, 1.54) is 168 Å². The molecule has 0 nitrogen and oxygen atoms in total. The topological polar surface area (TPSA) is 0 Å². The van der Waals surface area contributed by atoms with Gasteiger partial charge in [0.15, 0.2) is 0 Å². The molecule has 2 aliphatic carbocycles. The summed E-state index contributed by atoms with van der Waals surface area (Å²) in [4.78, 5) is 0. The van der Waals surface area contributed by atoms with E-state index in [2.05, 4.69) is 149 Å². The molecule has 0 saturated heterocycles. The first-order valence-corrected chi connectivity index (χ1v) is 39.9. The third-order valence-electron chi connectivity index (χ3n) is 14.5. The number of hydrogen-bond donors (Lipinski definition) is 0. The van der Waals surface area contributed by atoms with Crippen LogP contribution in [0.25, 0.3) is 42.4 Å². The van der Waals surface area contributed by atoms with Crippen molar-refractivity contribution in [2.75, 3.05) is 0 Å². The van der Waals surface area contributed by atoms with Crippen LogP contribution in [0, 0.1) is 0 Å². The van der Waals surface area contributed by atoms with Crippen molar-refractivity contribution in [3.8, 4) is 22.3 Å². The number of fused-ring (bicyclic) bond motifs is 12. The molecule has 0 amide bonds. The summed E-state index contributed by atoms with van der Waals surface area (Å²) in [6.07, 6.45) is 16.5. The Morgan fingerprint density at radius 3 is 1.05 bits per heavy atom. The van der Waals surface area contributed by atoms with Crippen molar-refractivity contribution in [3.05, 3.63) is 107 Å². The summed E-state index contributed by atoms with van der Waals surface area (Å²) in [5.74, 6) is 0. The molecular weight excluding hydrogens is 938 g/mol. The third kappa shape index (κ3) is 7.37. The van der Waals surface area contributed by atoms with Gasteiger partial charge in [-0.25, -0.2) is 0 Å². The van der Waals surface area contributed by atoms with E-state index in [1.807, 2.05) is 5.79 Å². The number of unbranched alkanes of at least 4 members (excludes halogenated alkanes) is 6. The van der Waals surface area contributed by atoms with E-state index in [9.17, 15) is 0 Å². The average molecular weight is 1010 g/mol. The zero-order valence-corrected chi connectivity index (χ0v) is 43.5. The van der Waals surface area contributed by atoms with Crippen LogP contribution in [0.5, 0.6) is 0 Å². The van der Waals surface area contributed by atoms with E-state index < -0.39 is 36.8 Å². The summed E-state index contributed by atoms with van der Waals surface area (Å²) < 4.78 is 16.0. The monoisotopic (exact) mass is 1010 g/mol. The van der Waals surface area contributed by atoms with Gasteiger partial charge < -0.3 is 0 Å². The molecule has 0 aliphatic heterocycles. The summed E-state index contributed by atoms with van der Waals surface area (Å²) in [5.41, 5.74) is 11.6. The van der Waals surface area contributed by atoms with E-state index in [0.717, 1.165) is 0 Å². The van der Waals surface area contributed by atoms with Gasteiger partial charge in [0, 0.05) is 0 Å². The van der Waals surface area contributed by atoms with E-state index in [1.54, 1.807) is 0 Å². The van der Waals surface area contributed by atoms with Crippen molar-refractivity contribution in [2.45, 2.75) is 151 Å². The van der Waals surface area contributed by atoms with E-state index in [4.69, 9.17) is 0 Å². The molecular formula is C53H68S2Sn2. The zero-order valence-electron chi connectivity index (χ0n) is 36.1. The van der Waals surface area contributed by atoms with Crippen molar-refractivity contribution < 1.29 is 0 Å². The maximum atomic E-state index is 2.74. The number of hydrogen-bond acceptors (Lipinski definition) is 2. The molecule has 0 saturated carbocycles. The van der Waals surface area contributed by atoms with Crippen LogP contribution in [0.15, 0.2) is 84.9 Å². The van der Waals surface area contributed by atoms with Gasteiger partial charge in [0.25, 0.3) is 0 Å². The fourth-order valence-electron chi connectivity index (χ4n) is 11.3. The maximum absolute atomic E-state index is 2.74. The molecule has 1 spiro atoms. The summed E-state index contributed by atoms with van der Waals surface area (Å²) in [6, 6.07) is 35.3. The molecule has 300 valence electrons. The van der Waals surface area contributed by atoms with Crippen LogP contribution < -0.4 is 5.79 Å². The van der Waals surface area contributed by atoms with Gasteiger partial charge in [-0.05, 0) is 0 Å². The summed E-state index contributed by atoms with van der Waals surface area (Å²) in [5, 5.41) is 3.01. The van der Waals surface area contributed by atoms with E-state index in [0.29, 0.717) is 0 Å². The molecule has 0 unspecified atom stereocenters. The van der Waals surface area contributed by atoms with Crippen molar-refractivity contribution >= 4 is 85.4 Å². The molecule has 2 aromatic heterocycles. The first kappa shape index (κ1) is 42.1. The molecule has 0 bridgehead atoms. The van der Waals surface area contributed by atoms with Crippen LogP contribution in [0.2, 0.25) is 26.6 Å². The van der Waals surface area contributed by atoms with Gasteiger partial charge in [-0.15, -0.1) is 0 Å². The second kappa shape index (κ2) is 18.2. The predicted molar refractivity (Wildman–Crippen MR) is 263 cm³/mol. The first-order valence-electron chi connectivity index (χ1n) is 23.3. The van der Waals surface area contributed by atoms with Gasteiger partial charge in [0.05, 0.1) is 0 Å². The number of thiophene rings is 2. The van der Waals surface area contributed by atoms with Crippen LogP contribution >= 0.6 is 22.7 Å². The van der Waals surface area contributed by atoms with Gasteiger partial charge in [-0.1, -0.05) is 0 Å². The van der Waals surface area contributed by atoms with Gasteiger partial charge in [-0.2, -0.15) is 0 Å². The fourth-order valence-corrected chi connectivity index (χ4v) is 51.9. The van der Waals surface area contributed by atoms with Crippen molar-refractivity contribution in [1.29, 1.82) is 0 Å². The molecule has 0 radical (unpaired) electrons. The summed E-state index contributed by atoms with van der Waals surface area (Å²) in [7, 11) is 0. The second-order valence-corrected chi connectivity index (χ2v) is 48.6. The molecule has 4 aromatic carbocycles. The van der Waals surface area contributed by atoms with Crippen molar-refractivity contribution in [3.63, 3.8) is 0 Å². The minimum atomic E-state index is -2.60. The first-order chi connectivity index (χ1) is 27.9. The van der Waals surface area contributed by atoms with E-state index in [-0.39, 0.29) is 5.41 Å². The third-order valence-corrected chi connectivity index (χ3v) is 53.1. The normalized spacial score (nSPS) is 14.1. The fraction of sp³-hybridized carbons (Fsp3) is 0.472. The molecule has 57 heavy (non-hydrogen) atoms. The average Bonchev–Trinajstić information content (AvgIpc) is 4.00. The van der Waals surface area contributed by atoms with Gasteiger partial charge in [-0.3, -0.25) is 0 Å². The minimum absolute atomic E-state index is 0.283. The quantitative estimate of drug-likeness (QED) is 0.0668. The van der Waals surface area contributed by atoms with Crippen LogP contribution in [0.4, 0.5) is 0 Å². The Hall–Kier alpha value is -1.60.